The van der Waals surface area contributed by atoms with Crippen LogP contribution in [0.3, 0.4) is 0 Å². The van der Waals surface area contributed by atoms with Gasteiger partial charge in [-0.2, -0.15) is 5.10 Å². The fourth-order valence-electron chi connectivity index (χ4n) is 2.10. The van der Waals surface area contributed by atoms with E-state index in [1.165, 1.54) is 10.6 Å². The van der Waals surface area contributed by atoms with Crippen molar-refractivity contribution >= 4 is 19.7 Å². The lowest BCUT2D eigenvalue weighted by Crippen LogP contribution is -2.21. The zero-order valence-electron chi connectivity index (χ0n) is 11.1. The van der Waals surface area contributed by atoms with Crippen molar-refractivity contribution in [2.75, 3.05) is 0 Å². The molecule has 8 heteroatoms. The minimum atomic E-state index is -3.81. The van der Waals surface area contributed by atoms with Crippen molar-refractivity contribution in [3.05, 3.63) is 46.1 Å². The number of nitrogens with zero attached hydrogens (tertiary/aromatic N) is 3. The van der Waals surface area contributed by atoms with Crippen LogP contribution in [0.1, 0.15) is 11.4 Å². The lowest BCUT2D eigenvalue weighted by atomic mass is 10.4. The van der Waals surface area contributed by atoms with Gasteiger partial charge < -0.3 is 4.57 Å². The van der Waals surface area contributed by atoms with Gasteiger partial charge in [0.1, 0.15) is 4.90 Å². The molecule has 0 aliphatic rings. The zero-order chi connectivity index (χ0) is 14.9. The Morgan fingerprint density at radius 3 is 2.50 bits per heavy atom. The van der Waals surface area contributed by atoms with Gasteiger partial charge in [0.15, 0.2) is 0 Å². The molecule has 0 aliphatic carbocycles. The quantitative estimate of drug-likeness (QED) is 0.797. The van der Waals surface area contributed by atoms with Crippen molar-refractivity contribution in [2.45, 2.75) is 31.8 Å². The summed E-state index contributed by atoms with van der Waals surface area (Å²) in [5, 5.41) is 4.16. The van der Waals surface area contributed by atoms with Crippen LogP contribution >= 0.6 is 10.7 Å². The smallest absolute Gasteiger partial charge is 0.264 e. The van der Waals surface area contributed by atoms with E-state index in [0.29, 0.717) is 24.5 Å². The highest BCUT2D eigenvalue weighted by Gasteiger charge is 2.22. The minimum Gasteiger partial charge on any atom is -0.314 e. The van der Waals surface area contributed by atoms with E-state index < -0.39 is 9.05 Å². The summed E-state index contributed by atoms with van der Waals surface area (Å²) in [6.07, 6.45) is 1.67. The Hall–Kier alpha value is -1.60. The van der Waals surface area contributed by atoms with Crippen molar-refractivity contribution in [3.8, 4) is 0 Å². The topological polar surface area (TPSA) is 74.0 Å². The van der Waals surface area contributed by atoms with E-state index in [2.05, 4.69) is 5.10 Å². The Bertz CT molecular complexity index is 793. The van der Waals surface area contributed by atoms with Gasteiger partial charge in [0, 0.05) is 29.5 Å². The Kier molecular flexibility index (Phi) is 4.01. The third-order valence-corrected chi connectivity index (χ3v) is 4.55. The summed E-state index contributed by atoms with van der Waals surface area (Å²) in [5.74, 6) is 0. The maximum Gasteiger partial charge on any atom is 0.264 e. The van der Waals surface area contributed by atoms with Crippen LogP contribution in [0.25, 0.3) is 0 Å². The first-order chi connectivity index (χ1) is 9.30. The number of hydrogen-bond donors (Lipinski definition) is 0. The van der Waals surface area contributed by atoms with Gasteiger partial charge in [-0.05, 0) is 19.9 Å². The Labute approximate surface area is 121 Å². The number of pyridine rings is 1. The van der Waals surface area contributed by atoms with Crippen LogP contribution in [0, 0.1) is 13.8 Å². The van der Waals surface area contributed by atoms with E-state index in [-0.39, 0.29) is 10.5 Å². The largest absolute Gasteiger partial charge is 0.314 e. The lowest BCUT2D eigenvalue weighted by molar-refractivity contribution is 0.511. The van der Waals surface area contributed by atoms with Crippen LogP contribution in [0.4, 0.5) is 0 Å². The Morgan fingerprint density at radius 1 is 1.25 bits per heavy atom. The molecule has 0 fully saturated rings. The molecule has 0 N–H and O–H groups in total. The second-order valence-corrected chi connectivity index (χ2v) is 6.90. The summed E-state index contributed by atoms with van der Waals surface area (Å²) in [4.78, 5) is 11.6. The number of halogens is 1. The third-order valence-electron chi connectivity index (χ3n) is 3.01. The fraction of sp³-hybridized carbons (Fsp3) is 0.333. The van der Waals surface area contributed by atoms with E-state index in [1.807, 2.05) is 0 Å². The van der Waals surface area contributed by atoms with Crippen molar-refractivity contribution in [1.29, 1.82) is 0 Å². The first-order valence-electron chi connectivity index (χ1n) is 5.95. The second kappa shape index (κ2) is 5.41. The first-order valence-corrected chi connectivity index (χ1v) is 8.26. The van der Waals surface area contributed by atoms with Gasteiger partial charge in [-0.15, -0.1) is 0 Å². The third kappa shape index (κ3) is 2.94. The first kappa shape index (κ1) is 14.8. The molecule has 0 unspecified atom stereocenters. The zero-order valence-corrected chi connectivity index (χ0v) is 12.6. The monoisotopic (exact) mass is 315 g/mol. The van der Waals surface area contributed by atoms with Crippen molar-refractivity contribution in [3.63, 3.8) is 0 Å². The van der Waals surface area contributed by atoms with Crippen LogP contribution in [-0.2, 0) is 22.1 Å². The van der Waals surface area contributed by atoms with Crippen LogP contribution < -0.4 is 5.56 Å². The molecule has 0 saturated carbocycles. The average molecular weight is 316 g/mol. The molecular weight excluding hydrogens is 302 g/mol. The van der Waals surface area contributed by atoms with E-state index in [1.54, 1.807) is 36.9 Å². The van der Waals surface area contributed by atoms with Gasteiger partial charge in [-0.1, -0.05) is 6.07 Å². The summed E-state index contributed by atoms with van der Waals surface area (Å²) in [5.41, 5.74) is 0.721. The molecule has 108 valence electrons. The van der Waals surface area contributed by atoms with Crippen molar-refractivity contribution < 1.29 is 8.42 Å². The van der Waals surface area contributed by atoms with Gasteiger partial charge in [0.25, 0.3) is 14.6 Å². The number of rotatable bonds is 4. The molecule has 0 bridgehead atoms. The predicted octanol–water partition coefficient (Wildman–Crippen LogP) is 1.29. The van der Waals surface area contributed by atoms with E-state index in [9.17, 15) is 13.2 Å². The number of aromatic nitrogens is 3. The van der Waals surface area contributed by atoms with Gasteiger partial charge in [-0.25, -0.2) is 8.42 Å². The normalized spacial score (nSPS) is 11.8. The summed E-state index contributed by atoms with van der Waals surface area (Å²) in [6, 6.07) is 4.90. The average Bonchev–Trinajstić information content (AvgIpc) is 2.62. The summed E-state index contributed by atoms with van der Waals surface area (Å²) >= 11 is 0. The van der Waals surface area contributed by atoms with Gasteiger partial charge in [0.2, 0.25) is 0 Å². The van der Waals surface area contributed by atoms with E-state index >= 15 is 0 Å². The van der Waals surface area contributed by atoms with E-state index in [4.69, 9.17) is 10.7 Å². The van der Waals surface area contributed by atoms with Gasteiger partial charge in [0.05, 0.1) is 17.9 Å². The molecule has 2 heterocycles. The van der Waals surface area contributed by atoms with Gasteiger partial charge in [-0.3, -0.25) is 9.48 Å². The van der Waals surface area contributed by atoms with Crippen LogP contribution in [0.15, 0.2) is 34.1 Å². The molecular formula is C12H14ClN3O3S. The molecule has 0 amide bonds. The van der Waals surface area contributed by atoms with Crippen molar-refractivity contribution in [2.24, 2.45) is 0 Å². The molecule has 0 saturated heterocycles. The molecule has 2 rings (SSSR count). The van der Waals surface area contributed by atoms with Crippen molar-refractivity contribution in [1.82, 2.24) is 14.3 Å². The SMILES string of the molecule is Cc1nn(CCn2ccccc2=O)c(C)c1S(=O)(=O)Cl. The van der Waals surface area contributed by atoms with Crippen LogP contribution in [0.5, 0.6) is 0 Å². The molecule has 0 radical (unpaired) electrons. The second-order valence-electron chi connectivity index (χ2n) is 4.39. The summed E-state index contributed by atoms with van der Waals surface area (Å²) in [6.45, 7) is 4.03. The highest BCUT2D eigenvalue weighted by molar-refractivity contribution is 8.13. The number of hydrogen-bond acceptors (Lipinski definition) is 4. The highest BCUT2D eigenvalue weighted by Crippen LogP contribution is 2.22. The maximum atomic E-state index is 11.6. The molecule has 0 aliphatic heterocycles. The fourth-order valence-corrected chi connectivity index (χ4v) is 3.62. The highest BCUT2D eigenvalue weighted by atomic mass is 35.7. The Morgan fingerprint density at radius 2 is 1.95 bits per heavy atom. The molecule has 20 heavy (non-hydrogen) atoms. The minimum absolute atomic E-state index is 0.0413. The molecule has 0 aromatic carbocycles. The molecule has 2 aromatic rings. The molecule has 6 nitrogen and oxygen atoms in total. The summed E-state index contributed by atoms with van der Waals surface area (Å²) < 4.78 is 26.0. The predicted molar refractivity (Wildman–Crippen MR) is 75.4 cm³/mol. The molecule has 0 spiro atoms. The van der Waals surface area contributed by atoms with E-state index in [0.717, 1.165) is 0 Å². The number of aryl methyl sites for hydroxylation is 3. The molecule has 0 atom stereocenters. The lowest BCUT2D eigenvalue weighted by Gasteiger charge is -2.07. The van der Waals surface area contributed by atoms with Crippen LogP contribution in [-0.4, -0.2) is 22.8 Å². The van der Waals surface area contributed by atoms with Crippen LogP contribution in [0.2, 0.25) is 0 Å². The molecule has 2 aromatic heterocycles. The summed E-state index contributed by atoms with van der Waals surface area (Å²) in [7, 11) is 1.57. The van der Waals surface area contributed by atoms with Gasteiger partial charge >= 0.3 is 0 Å². The standard InChI is InChI=1S/C12H14ClN3O3S/c1-9-12(20(13,18)19)10(2)16(14-9)8-7-15-6-4-3-5-11(15)17/h3-6H,7-8H2,1-2H3. The maximum absolute atomic E-state index is 11.6. The Balaban J connectivity index is 2.28.